The van der Waals surface area contributed by atoms with Crippen LogP contribution in [0.2, 0.25) is 0 Å². The second kappa shape index (κ2) is 9.45. The zero-order valence-electron chi connectivity index (χ0n) is 18.0. The topological polar surface area (TPSA) is 90.0 Å². The zero-order valence-corrected chi connectivity index (χ0v) is 18.8. The van der Waals surface area contributed by atoms with Crippen LogP contribution in [0.25, 0.3) is 0 Å². The molecule has 0 saturated carbocycles. The van der Waals surface area contributed by atoms with Crippen molar-refractivity contribution >= 4 is 27.5 Å². The third kappa shape index (κ3) is 5.01. The molecule has 30 heavy (non-hydrogen) atoms. The van der Waals surface area contributed by atoms with Crippen LogP contribution in [0.3, 0.4) is 0 Å². The first-order valence-corrected chi connectivity index (χ1v) is 12.1. The van der Waals surface area contributed by atoms with Crippen LogP contribution in [-0.4, -0.2) is 79.6 Å². The highest BCUT2D eigenvalue weighted by atomic mass is 32.2. The van der Waals surface area contributed by atoms with Crippen molar-refractivity contribution in [3.05, 3.63) is 24.3 Å². The number of hydrogen-bond donors (Lipinski definition) is 1. The Kier molecular flexibility index (Phi) is 7.15. The molecule has 0 aliphatic carbocycles. The van der Waals surface area contributed by atoms with E-state index in [0.717, 1.165) is 12.8 Å². The number of benzene rings is 1. The van der Waals surface area contributed by atoms with Crippen LogP contribution in [-0.2, 0) is 19.6 Å². The minimum absolute atomic E-state index is 0.0190. The minimum Gasteiger partial charge on any atom is -0.340 e. The lowest BCUT2D eigenvalue weighted by Crippen LogP contribution is -2.54. The Morgan fingerprint density at radius 3 is 2.00 bits per heavy atom. The SMILES string of the molecule is CC(C)C(=O)N1CCN(C(C)C(=O)Nc2ccc(S(=O)(=O)N3CCCC3)cc2)CC1. The number of piperazine rings is 1. The summed E-state index contributed by atoms with van der Waals surface area (Å²) in [5, 5.41) is 2.87. The largest absolute Gasteiger partial charge is 0.340 e. The first kappa shape index (κ1) is 22.7. The van der Waals surface area contributed by atoms with Gasteiger partial charge in [0.25, 0.3) is 0 Å². The lowest BCUT2D eigenvalue weighted by Gasteiger charge is -2.38. The number of sulfonamides is 1. The molecule has 1 aromatic carbocycles. The highest BCUT2D eigenvalue weighted by Crippen LogP contribution is 2.22. The number of anilines is 1. The molecule has 1 unspecified atom stereocenters. The van der Waals surface area contributed by atoms with E-state index in [-0.39, 0.29) is 28.7 Å². The summed E-state index contributed by atoms with van der Waals surface area (Å²) >= 11 is 0. The summed E-state index contributed by atoms with van der Waals surface area (Å²) in [6.45, 7) is 9.32. The molecule has 1 aromatic rings. The maximum atomic E-state index is 12.7. The molecule has 1 atom stereocenters. The normalized spacial score (nSPS) is 19.8. The summed E-state index contributed by atoms with van der Waals surface area (Å²) in [6, 6.07) is 6.02. The van der Waals surface area contributed by atoms with E-state index in [4.69, 9.17) is 0 Å². The van der Waals surface area contributed by atoms with E-state index >= 15 is 0 Å². The van der Waals surface area contributed by atoms with Crippen LogP contribution in [0.15, 0.2) is 29.2 Å². The van der Waals surface area contributed by atoms with Gasteiger partial charge in [-0.05, 0) is 44.0 Å². The molecule has 2 aliphatic heterocycles. The fourth-order valence-electron chi connectivity index (χ4n) is 3.90. The van der Waals surface area contributed by atoms with Crippen molar-refractivity contribution < 1.29 is 18.0 Å². The third-order valence-corrected chi connectivity index (χ3v) is 7.78. The number of amides is 2. The van der Waals surface area contributed by atoms with Crippen molar-refractivity contribution in [2.75, 3.05) is 44.6 Å². The smallest absolute Gasteiger partial charge is 0.243 e. The second-order valence-corrected chi connectivity index (χ2v) is 10.3. The van der Waals surface area contributed by atoms with Crippen LogP contribution in [0.1, 0.15) is 33.6 Å². The van der Waals surface area contributed by atoms with Crippen molar-refractivity contribution in [2.45, 2.75) is 44.6 Å². The van der Waals surface area contributed by atoms with Crippen molar-refractivity contribution in [2.24, 2.45) is 5.92 Å². The molecular weight excluding hydrogens is 404 g/mol. The number of nitrogens with one attached hydrogen (secondary N) is 1. The van der Waals surface area contributed by atoms with E-state index in [1.165, 1.54) is 4.31 Å². The Morgan fingerprint density at radius 2 is 1.47 bits per heavy atom. The van der Waals surface area contributed by atoms with Gasteiger partial charge >= 0.3 is 0 Å². The average molecular weight is 437 g/mol. The van der Waals surface area contributed by atoms with Crippen molar-refractivity contribution in [3.63, 3.8) is 0 Å². The highest BCUT2D eigenvalue weighted by molar-refractivity contribution is 7.89. The van der Waals surface area contributed by atoms with Gasteiger partial charge in [0.05, 0.1) is 10.9 Å². The molecule has 0 radical (unpaired) electrons. The van der Waals surface area contributed by atoms with E-state index in [1.807, 2.05) is 25.7 Å². The van der Waals surface area contributed by atoms with Crippen LogP contribution in [0.5, 0.6) is 0 Å². The second-order valence-electron chi connectivity index (χ2n) is 8.32. The van der Waals surface area contributed by atoms with E-state index in [9.17, 15) is 18.0 Å². The number of carbonyl (C=O) groups is 2. The van der Waals surface area contributed by atoms with Crippen LogP contribution < -0.4 is 5.32 Å². The molecule has 3 rings (SSSR count). The van der Waals surface area contributed by atoms with Crippen molar-refractivity contribution in [1.29, 1.82) is 0 Å². The lowest BCUT2D eigenvalue weighted by molar-refractivity contribution is -0.136. The van der Waals surface area contributed by atoms with E-state index in [1.54, 1.807) is 24.3 Å². The summed E-state index contributed by atoms with van der Waals surface area (Å²) in [5.41, 5.74) is 0.570. The van der Waals surface area contributed by atoms with Crippen LogP contribution in [0.4, 0.5) is 5.69 Å². The molecule has 0 spiro atoms. The zero-order chi connectivity index (χ0) is 21.9. The predicted octanol–water partition coefficient (Wildman–Crippen LogP) is 1.60. The fourth-order valence-corrected chi connectivity index (χ4v) is 5.41. The van der Waals surface area contributed by atoms with Gasteiger partial charge in [0.2, 0.25) is 21.8 Å². The number of rotatable bonds is 6. The standard InChI is InChI=1S/C21H32N4O4S/c1-16(2)21(27)24-14-12-23(13-15-24)17(3)20(26)22-18-6-8-19(9-7-18)30(28,29)25-10-4-5-11-25/h6-9,16-17H,4-5,10-15H2,1-3H3,(H,22,26). The Morgan fingerprint density at radius 1 is 0.900 bits per heavy atom. The van der Waals surface area contributed by atoms with E-state index in [0.29, 0.717) is 45.0 Å². The summed E-state index contributed by atoms with van der Waals surface area (Å²) in [7, 11) is -3.46. The maximum Gasteiger partial charge on any atom is 0.243 e. The van der Waals surface area contributed by atoms with E-state index < -0.39 is 10.0 Å². The van der Waals surface area contributed by atoms with Gasteiger partial charge in [-0.1, -0.05) is 13.8 Å². The minimum atomic E-state index is -3.46. The highest BCUT2D eigenvalue weighted by Gasteiger charge is 2.29. The summed E-state index contributed by atoms with van der Waals surface area (Å²) in [5.74, 6) is -0.0148. The molecule has 8 nitrogen and oxygen atoms in total. The molecule has 2 fully saturated rings. The van der Waals surface area contributed by atoms with E-state index in [2.05, 4.69) is 10.2 Å². The molecule has 0 aromatic heterocycles. The molecule has 2 saturated heterocycles. The lowest BCUT2D eigenvalue weighted by atomic mass is 10.1. The Labute approximate surface area is 179 Å². The predicted molar refractivity (Wildman–Crippen MR) is 116 cm³/mol. The Hall–Kier alpha value is -1.97. The molecule has 2 amide bonds. The summed E-state index contributed by atoms with van der Waals surface area (Å²) in [4.78, 5) is 28.9. The van der Waals surface area contributed by atoms with Gasteiger partial charge in [0, 0.05) is 50.9 Å². The fraction of sp³-hybridized carbons (Fsp3) is 0.619. The third-order valence-electron chi connectivity index (χ3n) is 5.87. The molecule has 9 heteroatoms. The van der Waals surface area contributed by atoms with Gasteiger partial charge in [0.15, 0.2) is 0 Å². The van der Waals surface area contributed by atoms with Crippen LogP contribution >= 0.6 is 0 Å². The molecule has 1 N–H and O–H groups in total. The summed E-state index contributed by atoms with van der Waals surface area (Å²) < 4.78 is 26.7. The van der Waals surface area contributed by atoms with Gasteiger partial charge in [-0.2, -0.15) is 4.31 Å². The summed E-state index contributed by atoms with van der Waals surface area (Å²) in [6.07, 6.45) is 1.79. The van der Waals surface area contributed by atoms with Gasteiger partial charge < -0.3 is 10.2 Å². The monoisotopic (exact) mass is 436 g/mol. The first-order chi connectivity index (χ1) is 14.2. The Bertz CT molecular complexity index is 855. The number of nitrogens with zero attached hydrogens (tertiary/aromatic N) is 3. The Balaban J connectivity index is 1.55. The quantitative estimate of drug-likeness (QED) is 0.732. The first-order valence-electron chi connectivity index (χ1n) is 10.6. The molecule has 0 bridgehead atoms. The van der Waals surface area contributed by atoms with Gasteiger partial charge in [-0.25, -0.2) is 8.42 Å². The number of hydrogen-bond acceptors (Lipinski definition) is 5. The van der Waals surface area contributed by atoms with Crippen molar-refractivity contribution in [3.8, 4) is 0 Å². The van der Waals surface area contributed by atoms with Crippen molar-refractivity contribution in [1.82, 2.24) is 14.1 Å². The number of carbonyl (C=O) groups excluding carboxylic acids is 2. The maximum absolute atomic E-state index is 12.7. The molecule has 2 heterocycles. The van der Waals surface area contributed by atoms with Crippen LogP contribution in [0, 0.1) is 5.92 Å². The molecule has 166 valence electrons. The average Bonchev–Trinajstić information content (AvgIpc) is 3.29. The van der Waals surface area contributed by atoms with Gasteiger partial charge in [0.1, 0.15) is 0 Å². The molecule has 2 aliphatic rings. The van der Waals surface area contributed by atoms with Gasteiger partial charge in [-0.15, -0.1) is 0 Å². The van der Waals surface area contributed by atoms with Gasteiger partial charge in [-0.3, -0.25) is 14.5 Å². The molecular formula is C21H32N4O4S.